The number of aliphatic carboxylic acids is 1. The number of hydrogen-bond donors (Lipinski definition) is 3. The Labute approximate surface area is 238 Å². The van der Waals surface area contributed by atoms with Crippen molar-refractivity contribution in [3.05, 3.63) is 128 Å². The molecule has 0 spiro atoms. The largest absolute Gasteiger partial charge is 0.480 e. The van der Waals surface area contributed by atoms with E-state index in [9.17, 15) is 19.2 Å². The maximum atomic E-state index is 12.6. The molecule has 0 fully saturated rings. The third-order valence-electron chi connectivity index (χ3n) is 5.74. The first kappa shape index (κ1) is 30.2. The van der Waals surface area contributed by atoms with Gasteiger partial charge in [-0.3, -0.25) is 14.5 Å². The van der Waals surface area contributed by atoms with Crippen molar-refractivity contribution in [2.45, 2.75) is 19.1 Å². The summed E-state index contributed by atoms with van der Waals surface area (Å²) in [4.78, 5) is 48.0. The molecule has 4 rings (SSSR count). The van der Waals surface area contributed by atoms with E-state index in [0.717, 1.165) is 28.7 Å². The van der Waals surface area contributed by atoms with Gasteiger partial charge in [0.15, 0.2) is 5.78 Å². The number of benzene rings is 3. The van der Waals surface area contributed by atoms with Gasteiger partial charge in [0.25, 0.3) is 0 Å². The van der Waals surface area contributed by atoms with Gasteiger partial charge in [-0.05, 0) is 48.0 Å². The minimum absolute atomic E-state index is 0.0367. The van der Waals surface area contributed by atoms with Gasteiger partial charge in [-0.1, -0.05) is 70.5 Å². The monoisotopic (exact) mass is 608 g/mol. The maximum Gasteiger partial charge on any atom is 0.440 e. The van der Waals surface area contributed by atoms with Crippen LogP contribution in [0.25, 0.3) is 11.1 Å². The predicted octanol–water partition coefficient (Wildman–Crippen LogP) is 3.51. The fraction of sp³-hybridized carbons (Fsp3) is 0.172. The first-order valence-corrected chi connectivity index (χ1v) is 12.9. The molecule has 0 unspecified atom stereocenters. The first-order chi connectivity index (χ1) is 19.1. The number of likely N-dealkylation sites (N-methyl/N-ethyl adjacent to an activating group) is 1. The van der Waals surface area contributed by atoms with Crippen LogP contribution in [0.15, 0.2) is 104 Å². The summed E-state index contributed by atoms with van der Waals surface area (Å²) in [7, 11) is 2.08. The number of carbonyl (C=O) groups is 2. The van der Waals surface area contributed by atoms with Crippen molar-refractivity contribution in [2.75, 3.05) is 13.6 Å². The summed E-state index contributed by atoms with van der Waals surface area (Å²) < 4.78 is 5.81. The van der Waals surface area contributed by atoms with Crippen LogP contribution >= 0.6 is 15.9 Å². The lowest BCUT2D eigenvalue weighted by atomic mass is 9.99. The van der Waals surface area contributed by atoms with Crippen LogP contribution in [0.3, 0.4) is 0 Å². The van der Waals surface area contributed by atoms with Crippen molar-refractivity contribution in [3.63, 3.8) is 0 Å². The molecule has 40 heavy (non-hydrogen) atoms. The third-order valence-corrected chi connectivity index (χ3v) is 6.27. The molecular weight excluding hydrogens is 580 g/mol. The molecule has 1 aromatic heterocycles. The van der Waals surface area contributed by atoms with Crippen molar-refractivity contribution in [1.82, 2.24) is 14.6 Å². The topological polar surface area (TPSA) is 152 Å². The summed E-state index contributed by atoms with van der Waals surface area (Å²) in [5.41, 5.74) is 9.18. The molecule has 0 amide bonds. The van der Waals surface area contributed by atoms with Crippen LogP contribution in [0.1, 0.15) is 21.5 Å². The van der Waals surface area contributed by atoms with E-state index in [0.29, 0.717) is 15.9 Å². The summed E-state index contributed by atoms with van der Waals surface area (Å²) in [5.74, 6) is -2.19. The molecule has 3 aromatic carbocycles. The molecule has 11 heteroatoms. The van der Waals surface area contributed by atoms with E-state index in [1.165, 1.54) is 5.56 Å². The van der Waals surface area contributed by atoms with E-state index in [4.69, 9.17) is 10.8 Å². The molecule has 0 radical (unpaired) electrons. The van der Waals surface area contributed by atoms with Gasteiger partial charge in [0.05, 0.1) is 6.54 Å². The van der Waals surface area contributed by atoms with Gasteiger partial charge in [0.1, 0.15) is 6.04 Å². The van der Waals surface area contributed by atoms with Crippen LogP contribution in [0.2, 0.25) is 0 Å². The molecule has 0 saturated carbocycles. The number of carbonyl (C=O) groups excluding carboxylic acids is 1. The molecule has 1 atom stereocenters. The van der Waals surface area contributed by atoms with Crippen molar-refractivity contribution in [3.8, 4) is 11.1 Å². The number of halogens is 1. The molecule has 10 nitrogen and oxygen atoms in total. The number of ketones is 1. The summed E-state index contributed by atoms with van der Waals surface area (Å²) in [6.07, 6.45) is 1.91. The van der Waals surface area contributed by atoms with Crippen molar-refractivity contribution < 1.29 is 19.2 Å². The molecule has 0 aliphatic rings. The number of carboxylic acids is 1. The van der Waals surface area contributed by atoms with Crippen molar-refractivity contribution >= 4 is 27.7 Å². The van der Waals surface area contributed by atoms with Gasteiger partial charge in [-0.2, -0.15) is 0 Å². The van der Waals surface area contributed by atoms with Crippen LogP contribution < -0.4 is 17.2 Å². The zero-order valence-electron chi connectivity index (χ0n) is 21.7. The molecule has 4 aromatic rings. The second-order valence-electron chi connectivity index (χ2n) is 8.91. The summed E-state index contributed by atoms with van der Waals surface area (Å²) >= 11 is 3.39. The fourth-order valence-corrected chi connectivity index (χ4v) is 3.94. The van der Waals surface area contributed by atoms with Gasteiger partial charge in [-0.15, -0.1) is 11.3 Å². The second-order valence-corrected chi connectivity index (χ2v) is 9.83. The van der Waals surface area contributed by atoms with Crippen LogP contribution in [-0.4, -0.2) is 51.1 Å². The number of rotatable bonds is 10. The lowest BCUT2D eigenvalue weighted by Gasteiger charge is -2.14. The molecule has 0 saturated heterocycles. The Morgan fingerprint density at radius 3 is 2.02 bits per heavy atom. The van der Waals surface area contributed by atoms with Crippen molar-refractivity contribution in [2.24, 2.45) is 5.73 Å². The number of hydrogen-bond acceptors (Lipinski definition) is 7. The zero-order valence-corrected chi connectivity index (χ0v) is 23.3. The highest BCUT2D eigenvalue weighted by Crippen LogP contribution is 2.22. The Balaban J connectivity index is 0.000000285. The quantitative estimate of drug-likeness (QED) is 0.183. The SMILES string of the molecule is C=CCN(C)Cc1ccc(-c2ccc(C(=O)c3ccc(Br)cc3)cc2)cc1.N[C@@H](Cn1oc(=O)[nH]c1=O)C(=O)O. The highest BCUT2D eigenvalue weighted by Gasteiger charge is 2.15. The Kier molecular flexibility index (Phi) is 10.7. The fourth-order valence-electron chi connectivity index (χ4n) is 3.67. The molecule has 0 bridgehead atoms. The van der Waals surface area contributed by atoms with E-state index in [-0.39, 0.29) is 12.3 Å². The Morgan fingerprint density at radius 1 is 1.02 bits per heavy atom. The first-order valence-electron chi connectivity index (χ1n) is 12.1. The summed E-state index contributed by atoms with van der Waals surface area (Å²) in [6.45, 7) is 5.16. The molecule has 0 aliphatic heterocycles. The predicted molar refractivity (Wildman–Crippen MR) is 155 cm³/mol. The summed E-state index contributed by atoms with van der Waals surface area (Å²) in [5, 5.41) is 8.37. The van der Waals surface area contributed by atoms with E-state index in [2.05, 4.69) is 63.2 Å². The van der Waals surface area contributed by atoms with Crippen molar-refractivity contribution in [1.29, 1.82) is 0 Å². The highest BCUT2D eigenvalue weighted by molar-refractivity contribution is 9.10. The molecule has 208 valence electrons. The van der Waals surface area contributed by atoms with Gasteiger partial charge >= 0.3 is 17.4 Å². The Morgan fingerprint density at radius 2 is 1.55 bits per heavy atom. The molecule has 0 aliphatic carbocycles. The Hall–Kier alpha value is -4.32. The number of carboxylic acid groups (broad SMARTS) is 1. The average Bonchev–Trinajstić information content (AvgIpc) is 3.25. The minimum Gasteiger partial charge on any atom is -0.480 e. The molecular formula is C29H29BrN4O6. The van der Waals surface area contributed by atoms with Crippen LogP contribution in [0.4, 0.5) is 0 Å². The van der Waals surface area contributed by atoms with E-state index in [1.807, 2.05) is 54.6 Å². The zero-order chi connectivity index (χ0) is 29.2. The number of nitrogens with zero attached hydrogens (tertiary/aromatic N) is 2. The normalized spacial score (nSPS) is 11.4. The number of H-pyrrole nitrogens is 1. The minimum atomic E-state index is -1.28. The van der Waals surface area contributed by atoms with Crippen LogP contribution in [-0.2, 0) is 17.9 Å². The maximum absolute atomic E-state index is 12.6. The molecule has 1 heterocycles. The van der Waals surface area contributed by atoms with Gasteiger partial charge in [0.2, 0.25) is 0 Å². The van der Waals surface area contributed by atoms with Crippen LogP contribution in [0, 0.1) is 0 Å². The number of nitrogens with two attached hydrogens (primary N) is 1. The Bertz CT molecular complexity index is 1550. The number of nitrogens with one attached hydrogen (secondary N) is 1. The third kappa shape index (κ3) is 8.60. The number of aromatic nitrogens is 2. The van der Waals surface area contributed by atoms with E-state index >= 15 is 0 Å². The smallest absolute Gasteiger partial charge is 0.440 e. The second kappa shape index (κ2) is 14.2. The van der Waals surface area contributed by atoms with Crippen LogP contribution in [0.5, 0.6) is 0 Å². The van der Waals surface area contributed by atoms with Gasteiger partial charge in [-0.25, -0.2) is 14.6 Å². The van der Waals surface area contributed by atoms with E-state index in [1.54, 1.807) is 4.98 Å². The lowest BCUT2D eigenvalue weighted by molar-refractivity contribution is -0.139. The average molecular weight is 609 g/mol. The van der Waals surface area contributed by atoms with E-state index < -0.39 is 23.5 Å². The standard InChI is InChI=1S/C24H22BrNO.C5H7N3O5/c1-3-16-26(2)17-18-4-6-19(7-5-18)20-8-10-21(11-9-20)24(27)22-12-14-23(25)15-13-22;6-2(3(9)10)1-8-4(11)7-5(12)13-8/h3-15H,1,16-17H2,2H3;2H,1,6H2,(H,9,10)(H,7,11,12)/t;2-/m.0/s1. The molecule has 4 N–H and O–H groups in total. The highest BCUT2D eigenvalue weighted by atomic mass is 79.9. The lowest BCUT2D eigenvalue weighted by Crippen LogP contribution is -2.37. The van der Waals surface area contributed by atoms with Gasteiger partial charge in [0, 0.05) is 28.7 Å². The van der Waals surface area contributed by atoms with Gasteiger partial charge < -0.3 is 15.4 Å². The summed E-state index contributed by atoms with van der Waals surface area (Å²) in [6, 6.07) is 22.5. The number of aromatic amines is 1.